The maximum atomic E-state index is 12.0. The molecule has 2 atom stereocenters. The molecule has 1 heterocycles. The van der Waals surface area contributed by atoms with E-state index in [2.05, 4.69) is 0 Å². The van der Waals surface area contributed by atoms with Gasteiger partial charge in [-0.05, 0) is 18.6 Å². The number of carbonyl (C=O) groups is 1. The van der Waals surface area contributed by atoms with E-state index in [9.17, 15) is 13.2 Å². The zero-order chi connectivity index (χ0) is 14.0. The van der Waals surface area contributed by atoms with Gasteiger partial charge >= 0.3 is 5.97 Å². The maximum Gasteiger partial charge on any atom is 0.304 e. The van der Waals surface area contributed by atoms with Crippen molar-refractivity contribution in [1.82, 2.24) is 0 Å². The van der Waals surface area contributed by atoms with Gasteiger partial charge in [0.05, 0.1) is 17.4 Å². The Bertz CT molecular complexity index is 553. The van der Waals surface area contributed by atoms with Crippen molar-refractivity contribution in [1.29, 1.82) is 0 Å². The van der Waals surface area contributed by atoms with Crippen LogP contribution in [0, 0.1) is 0 Å². The molecule has 104 valence electrons. The minimum absolute atomic E-state index is 0.143. The molecular weight excluding hydrogens is 268 g/mol. The first-order valence-electron chi connectivity index (χ1n) is 6.06. The van der Waals surface area contributed by atoms with E-state index < -0.39 is 27.2 Å². The van der Waals surface area contributed by atoms with Crippen molar-refractivity contribution in [3.05, 3.63) is 29.8 Å². The third-order valence-electron chi connectivity index (χ3n) is 3.21. The van der Waals surface area contributed by atoms with E-state index in [1.807, 2.05) is 24.3 Å². The zero-order valence-electron chi connectivity index (χ0n) is 10.6. The first-order valence-corrected chi connectivity index (χ1v) is 7.78. The van der Waals surface area contributed by atoms with Crippen LogP contribution in [0.2, 0.25) is 0 Å². The van der Waals surface area contributed by atoms with Gasteiger partial charge in [0.2, 0.25) is 0 Å². The summed E-state index contributed by atoms with van der Waals surface area (Å²) in [6.07, 6.45) is -0.240. The molecule has 0 radical (unpaired) electrons. The summed E-state index contributed by atoms with van der Waals surface area (Å²) in [5.41, 5.74) is 0.994. The van der Waals surface area contributed by atoms with Gasteiger partial charge in [0.25, 0.3) is 0 Å². The highest BCUT2D eigenvalue weighted by Gasteiger charge is 2.31. The van der Waals surface area contributed by atoms with Crippen molar-refractivity contribution in [2.24, 2.45) is 0 Å². The highest BCUT2D eigenvalue weighted by Crippen LogP contribution is 2.29. The molecule has 5 nitrogen and oxygen atoms in total. The van der Waals surface area contributed by atoms with Crippen molar-refractivity contribution < 1.29 is 23.1 Å². The normalized spacial score (nSPS) is 19.5. The van der Waals surface area contributed by atoms with Gasteiger partial charge in [0, 0.05) is 6.42 Å². The van der Waals surface area contributed by atoms with Crippen LogP contribution in [-0.4, -0.2) is 36.6 Å². The molecule has 0 saturated carbocycles. The number of hydrogen-bond donors (Lipinski definition) is 1. The molecule has 1 aromatic rings. The van der Waals surface area contributed by atoms with Crippen LogP contribution in [0.15, 0.2) is 24.3 Å². The minimum Gasteiger partial charge on any atom is -0.489 e. The number of rotatable bonds is 5. The summed E-state index contributed by atoms with van der Waals surface area (Å²) in [5.74, 6) is -0.531. The predicted octanol–water partition coefficient (Wildman–Crippen LogP) is 1.27. The zero-order valence-corrected chi connectivity index (χ0v) is 11.4. The van der Waals surface area contributed by atoms with E-state index in [0.29, 0.717) is 12.2 Å². The summed E-state index contributed by atoms with van der Waals surface area (Å²) < 4.78 is 29.6. The third kappa shape index (κ3) is 3.26. The molecule has 0 aromatic heterocycles. The Balaban J connectivity index is 2.02. The first-order chi connectivity index (χ1) is 8.88. The van der Waals surface area contributed by atoms with E-state index in [0.717, 1.165) is 5.56 Å². The van der Waals surface area contributed by atoms with Crippen molar-refractivity contribution >= 4 is 15.8 Å². The quantitative estimate of drug-likeness (QED) is 0.880. The summed E-state index contributed by atoms with van der Waals surface area (Å²) in [5, 5.41) is 7.76. The number of para-hydroxylation sites is 1. The molecule has 1 aliphatic heterocycles. The Hall–Kier alpha value is -1.56. The van der Waals surface area contributed by atoms with E-state index in [4.69, 9.17) is 9.84 Å². The van der Waals surface area contributed by atoms with Crippen molar-refractivity contribution in [3.63, 3.8) is 0 Å². The fraction of sp³-hybridized carbons (Fsp3) is 0.462. The van der Waals surface area contributed by atoms with Gasteiger partial charge in [-0.15, -0.1) is 0 Å². The van der Waals surface area contributed by atoms with Crippen LogP contribution in [-0.2, 0) is 21.1 Å². The van der Waals surface area contributed by atoms with Crippen LogP contribution in [0.3, 0.4) is 0 Å². The van der Waals surface area contributed by atoms with Crippen LogP contribution < -0.4 is 4.74 Å². The molecule has 1 N–H and O–H groups in total. The molecule has 0 fully saturated rings. The average Bonchev–Trinajstić information content (AvgIpc) is 2.68. The molecule has 2 rings (SSSR count). The van der Waals surface area contributed by atoms with E-state index in [-0.39, 0.29) is 12.2 Å². The number of hydrogen-bond acceptors (Lipinski definition) is 4. The first kappa shape index (κ1) is 13.9. The number of aliphatic carboxylic acids is 1. The Labute approximate surface area is 112 Å². The Morgan fingerprint density at radius 3 is 2.79 bits per heavy atom. The highest BCUT2D eigenvalue weighted by molar-refractivity contribution is 7.92. The minimum atomic E-state index is -3.46. The number of ether oxygens (including phenoxy) is 1. The SMILES string of the molecule is CC(CC(=O)O)S(=O)(=O)CC1Cc2ccccc2O1. The monoisotopic (exact) mass is 284 g/mol. The van der Waals surface area contributed by atoms with Crippen molar-refractivity contribution in [3.8, 4) is 5.75 Å². The van der Waals surface area contributed by atoms with Gasteiger partial charge < -0.3 is 9.84 Å². The molecule has 0 aliphatic carbocycles. The largest absolute Gasteiger partial charge is 0.489 e. The molecule has 1 aliphatic rings. The molecule has 2 unspecified atom stereocenters. The average molecular weight is 284 g/mol. The standard InChI is InChI=1S/C13H16O5S/c1-9(6-13(14)15)19(16,17)8-11-7-10-4-2-3-5-12(10)18-11/h2-5,9,11H,6-8H2,1H3,(H,14,15). The summed E-state index contributed by atoms with van der Waals surface area (Å²) in [4.78, 5) is 10.6. The molecule has 0 spiro atoms. The highest BCUT2D eigenvalue weighted by atomic mass is 32.2. The lowest BCUT2D eigenvalue weighted by molar-refractivity contribution is -0.136. The van der Waals surface area contributed by atoms with Gasteiger partial charge in [-0.1, -0.05) is 18.2 Å². The van der Waals surface area contributed by atoms with E-state index in [1.165, 1.54) is 6.92 Å². The molecule has 0 bridgehead atoms. The van der Waals surface area contributed by atoms with Crippen LogP contribution in [0.4, 0.5) is 0 Å². The van der Waals surface area contributed by atoms with Crippen molar-refractivity contribution in [2.75, 3.05) is 5.75 Å². The van der Waals surface area contributed by atoms with Crippen molar-refractivity contribution in [2.45, 2.75) is 31.1 Å². The topological polar surface area (TPSA) is 80.7 Å². The number of fused-ring (bicyclic) bond motifs is 1. The van der Waals surface area contributed by atoms with Gasteiger partial charge in [-0.3, -0.25) is 4.79 Å². The lowest BCUT2D eigenvalue weighted by atomic mass is 10.1. The lowest BCUT2D eigenvalue weighted by Gasteiger charge is -2.15. The smallest absolute Gasteiger partial charge is 0.304 e. The van der Waals surface area contributed by atoms with Crippen LogP contribution >= 0.6 is 0 Å². The second-order valence-corrected chi connectivity index (χ2v) is 7.25. The molecule has 1 aromatic carbocycles. The number of benzene rings is 1. The Morgan fingerprint density at radius 1 is 1.47 bits per heavy atom. The summed E-state index contributed by atoms with van der Waals surface area (Å²) in [6, 6.07) is 7.43. The predicted molar refractivity (Wildman–Crippen MR) is 70.1 cm³/mol. The number of sulfone groups is 1. The second kappa shape index (κ2) is 5.21. The van der Waals surface area contributed by atoms with Crippen LogP contribution in [0.5, 0.6) is 5.75 Å². The molecule has 0 amide bonds. The fourth-order valence-electron chi connectivity index (χ4n) is 2.14. The van der Waals surface area contributed by atoms with E-state index >= 15 is 0 Å². The Morgan fingerprint density at radius 2 is 2.16 bits per heavy atom. The second-order valence-electron chi connectivity index (χ2n) is 4.79. The van der Waals surface area contributed by atoms with Crippen LogP contribution in [0.1, 0.15) is 18.9 Å². The summed E-state index contributed by atoms with van der Waals surface area (Å²) in [6.45, 7) is 1.42. The lowest BCUT2D eigenvalue weighted by Crippen LogP contribution is -2.32. The Kier molecular flexibility index (Phi) is 3.80. The van der Waals surface area contributed by atoms with Gasteiger partial charge in [0.1, 0.15) is 11.9 Å². The van der Waals surface area contributed by atoms with E-state index in [1.54, 1.807) is 0 Å². The summed E-state index contributed by atoms with van der Waals surface area (Å²) >= 11 is 0. The fourth-order valence-corrected chi connectivity index (χ4v) is 3.57. The third-order valence-corrected chi connectivity index (χ3v) is 5.44. The molecule has 0 saturated heterocycles. The van der Waals surface area contributed by atoms with Gasteiger partial charge in [-0.25, -0.2) is 8.42 Å². The summed E-state index contributed by atoms with van der Waals surface area (Å²) in [7, 11) is -3.46. The molecular formula is C13H16O5S. The molecule has 6 heteroatoms. The molecule has 19 heavy (non-hydrogen) atoms. The number of carboxylic acid groups (broad SMARTS) is 1. The number of carboxylic acids is 1. The van der Waals surface area contributed by atoms with Crippen LogP contribution in [0.25, 0.3) is 0 Å². The van der Waals surface area contributed by atoms with Gasteiger partial charge in [0.15, 0.2) is 9.84 Å². The maximum absolute atomic E-state index is 12.0. The van der Waals surface area contributed by atoms with Gasteiger partial charge in [-0.2, -0.15) is 0 Å².